The molecule has 11 heteroatoms. The van der Waals surface area contributed by atoms with E-state index in [2.05, 4.69) is 10.6 Å². The molecule has 2 fully saturated rings. The lowest BCUT2D eigenvalue weighted by atomic mass is 9.74. The molecule has 0 spiro atoms. The van der Waals surface area contributed by atoms with Gasteiger partial charge in [0.1, 0.15) is 5.75 Å². The van der Waals surface area contributed by atoms with E-state index in [1.54, 1.807) is 7.11 Å². The van der Waals surface area contributed by atoms with Gasteiger partial charge in [0.2, 0.25) is 5.91 Å². The van der Waals surface area contributed by atoms with Crippen molar-refractivity contribution in [1.29, 1.82) is 0 Å². The zero-order valence-corrected chi connectivity index (χ0v) is 23.3. The summed E-state index contributed by atoms with van der Waals surface area (Å²) in [5, 5.41) is 24.9. The predicted molar refractivity (Wildman–Crippen MR) is 140 cm³/mol. The topological polar surface area (TPSA) is 143 Å². The number of hydrogen-bond acceptors (Lipinski definition) is 7. The van der Waals surface area contributed by atoms with Crippen molar-refractivity contribution in [3.05, 3.63) is 23.5 Å². The summed E-state index contributed by atoms with van der Waals surface area (Å²) >= 11 is 0. The Kier molecular flexibility index (Phi) is 9.82. The van der Waals surface area contributed by atoms with Crippen LogP contribution in [0.2, 0.25) is 0 Å². The number of aliphatic hydroxyl groups excluding tert-OH is 1. The molecular weight excluding hydrogens is 511 g/mol. The number of methoxy groups -OCH3 is 2. The molecule has 10 nitrogen and oxygen atoms in total. The minimum atomic E-state index is -1.22. The van der Waals surface area contributed by atoms with E-state index in [0.29, 0.717) is 32.2 Å². The Hall–Kier alpha value is -2.92. The molecule has 0 radical (unpaired) electrons. The van der Waals surface area contributed by atoms with Gasteiger partial charge in [0.15, 0.2) is 11.6 Å². The van der Waals surface area contributed by atoms with Gasteiger partial charge in [-0.1, -0.05) is 20.8 Å². The maximum Gasteiger partial charge on any atom is 0.311 e. The quantitative estimate of drug-likeness (QED) is 0.347. The average molecular weight is 553 g/mol. The van der Waals surface area contributed by atoms with Crippen molar-refractivity contribution < 1.29 is 43.2 Å². The highest BCUT2D eigenvalue weighted by Gasteiger charge is 2.43. The van der Waals surface area contributed by atoms with Crippen LogP contribution in [0.15, 0.2) is 12.1 Å². The zero-order valence-electron chi connectivity index (χ0n) is 23.3. The van der Waals surface area contributed by atoms with Crippen LogP contribution in [0.1, 0.15) is 69.7 Å². The standard InChI is InChI=1S/C28H41FN2O8/c1-27(2,3)14-30-24(33)18-10-17(37-4)11-21(18)31-25(34)19-12-23(20(29)13-22(19)38-5)39-16-6-8-28(15-32,9-7-16)26(35)36/h12-13,16-18,21,32H,6-11,14-15H2,1-5H3,(H,30,33)(H,31,34)(H,35,36)/t16?,17-,18-,21+,28?/m0/s1. The highest BCUT2D eigenvalue weighted by molar-refractivity contribution is 5.98. The number of aliphatic carboxylic acids is 1. The second kappa shape index (κ2) is 12.5. The maximum atomic E-state index is 14.9. The largest absolute Gasteiger partial charge is 0.496 e. The van der Waals surface area contributed by atoms with Gasteiger partial charge in [-0.2, -0.15) is 0 Å². The van der Waals surface area contributed by atoms with Gasteiger partial charge in [0.05, 0.1) is 42.8 Å². The van der Waals surface area contributed by atoms with Gasteiger partial charge in [-0.3, -0.25) is 14.4 Å². The number of carboxylic acids is 1. The average Bonchev–Trinajstić information content (AvgIpc) is 3.30. The molecule has 2 amide bonds. The van der Waals surface area contributed by atoms with Crippen LogP contribution in [0, 0.1) is 22.6 Å². The number of rotatable bonds is 10. The molecule has 0 aromatic heterocycles. The number of carboxylic acid groups (broad SMARTS) is 1. The molecule has 39 heavy (non-hydrogen) atoms. The van der Waals surface area contributed by atoms with Gasteiger partial charge in [-0.15, -0.1) is 0 Å². The van der Waals surface area contributed by atoms with Crippen molar-refractivity contribution in [1.82, 2.24) is 10.6 Å². The van der Waals surface area contributed by atoms with Crippen molar-refractivity contribution >= 4 is 17.8 Å². The smallest absolute Gasteiger partial charge is 0.311 e. The van der Waals surface area contributed by atoms with E-state index in [-0.39, 0.29) is 47.3 Å². The van der Waals surface area contributed by atoms with E-state index in [1.165, 1.54) is 13.2 Å². The van der Waals surface area contributed by atoms with Crippen molar-refractivity contribution in [2.75, 3.05) is 27.4 Å². The van der Waals surface area contributed by atoms with Gasteiger partial charge < -0.3 is 35.1 Å². The van der Waals surface area contributed by atoms with Crippen molar-refractivity contribution in [2.45, 2.75) is 77.5 Å². The van der Waals surface area contributed by atoms with Gasteiger partial charge in [0, 0.05) is 25.8 Å². The van der Waals surface area contributed by atoms with Crippen molar-refractivity contribution in [3.8, 4) is 11.5 Å². The van der Waals surface area contributed by atoms with Crippen LogP contribution in [0.3, 0.4) is 0 Å². The third-order valence-corrected chi connectivity index (χ3v) is 7.74. The van der Waals surface area contributed by atoms with E-state index >= 15 is 0 Å². The molecule has 0 aliphatic heterocycles. The number of halogens is 1. The first-order valence-electron chi connectivity index (χ1n) is 13.3. The summed E-state index contributed by atoms with van der Waals surface area (Å²) < 4.78 is 31.5. The summed E-state index contributed by atoms with van der Waals surface area (Å²) in [6, 6.07) is 1.84. The van der Waals surface area contributed by atoms with Gasteiger partial charge in [-0.05, 0) is 50.0 Å². The molecule has 0 heterocycles. The fraction of sp³-hybridized carbons (Fsp3) is 0.679. The molecule has 2 aliphatic rings. The Morgan fingerprint density at radius 2 is 1.74 bits per heavy atom. The van der Waals surface area contributed by atoms with Crippen LogP contribution >= 0.6 is 0 Å². The summed E-state index contributed by atoms with van der Waals surface area (Å²) in [6.07, 6.45) is 1.23. The molecular formula is C28H41FN2O8. The van der Waals surface area contributed by atoms with E-state index in [1.807, 2.05) is 20.8 Å². The molecule has 1 aromatic rings. The van der Waals surface area contributed by atoms with Crippen molar-refractivity contribution in [2.24, 2.45) is 16.7 Å². The summed E-state index contributed by atoms with van der Waals surface area (Å²) in [4.78, 5) is 37.9. The van der Waals surface area contributed by atoms with Crippen LogP contribution in [0.25, 0.3) is 0 Å². The molecule has 2 aliphatic carbocycles. The summed E-state index contributed by atoms with van der Waals surface area (Å²) in [6.45, 7) is 6.06. The summed E-state index contributed by atoms with van der Waals surface area (Å²) in [5.74, 6) is -3.12. The number of ether oxygens (including phenoxy) is 3. The molecule has 0 saturated heterocycles. The number of benzene rings is 1. The second-order valence-corrected chi connectivity index (χ2v) is 11.8. The third kappa shape index (κ3) is 7.39. The number of carbonyl (C=O) groups excluding carboxylic acids is 2. The molecule has 1 aromatic carbocycles. The van der Waals surface area contributed by atoms with Crippen LogP contribution in [0.5, 0.6) is 11.5 Å². The normalized spacial score (nSPS) is 27.1. The Morgan fingerprint density at radius 3 is 2.28 bits per heavy atom. The molecule has 218 valence electrons. The number of aliphatic hydroxyl groups is 1. The first-order valence-corrected chi connectivity index (χ1v) is 13.3. The lowest BCUT2D eigenvalue weighted by Crippen LogP contribution is -2.45. The van der Waals surface area contributed by atoms with Gasteiger partial charge in [-0.25, -0.2) is 4.39 Å². The second-order valence-electron chi connectivity index (χ2n) is 11.8. The first kappa shape index (κ1) is 30.6. The lowest BCUT2D eigenvalue weighted by molar-refractivity contribution is -0.155. The summed E-state index contributed by atoms with van der Waals surface area (Å²) in [7, 11) is 2.89. The Balaban J connectivity index is 1.75. The molecule has 3 atom stereocenters. The lowest BCUT2D eigenvalue weighted by Gasteiger charge is -2.35. The minimum absolute atomic E-state index is 0.0150. The number of carbonyl (C=O) groups is 3. The maximum absolute atomic E-state index is 14.9. The van der Waals surface area contributed by atoms with E-state index < -0.39 is 47.8 Å². The minimum Gasteiger partial charge on any atom is -0.496 e. The predicted octanol–water partition coefficient (Wildman–Crippen LogP) is 2.90. The molecule has 3 rings (SSSR count). The number of nitrogens with one attached hydrogen (secondary N) is 2. The van der Waals surface area contributed by atoms with Gasteiger partial charge >= 0.3 is 5.97 Å². The fourth-order valence-electron chi connectivity index (χ4n) is 5.22. The third-order valence-electron chi connectivity index (χ3n) is 7.74. The van der Waals surface area contributed by atoms with Crippen LogP contribution in [0.4, 0.5) is 4.39 Å². The molecule has 2 saturated carbocycles. The van der Waals surface area contributed by atoms with E-state index in [0.717, 1.165) is 6.07 Å². The first-order chi connectivity index (χ1) is 18.3. The fourth-order valence-corrected chi connectivity index (χ4v) is 5.22. The molecule has 4 N–H and O–H groups in total. The van der Waals surface area contributed by atoms with Crippen molar-refractivity contribution in [3.63, 3.8) is 0 Å². The van der Waals surface area contributed by atoms with Crippen LogP contribution < -0.4 is 20.1 Å². The monoisotopic (exact) mass is 552 g/mol. The Bertz CT molecular complexity index is 1050. The van der Waals surface area contributed by atoms with Crippen LogP contribution in [-0.4, -0.2) is 73.6 Å². The van der Waals surface area contributed by atoms with Gasteiger partial charge in [0.25, 0.3) is 5.91 Å². The highest BCUT2D eigenvalue weighted by Crippen LogP contribution is 2.39. The molecule has 0 bridgehead atoms. The highest BCUT2D eigenvalue weighted by atomic mass is 19.1. The zero-order chi connectivity index (χ0) is 29.0. The Labute approximate surface area is 228 Å². The Morgan fingerprint density at radius 1 is 1.08 bits per heavy atom. The number of hydrogen-bond donors (Lipinski definition) is 4. The molecule has 0 unspecified atom stereocenters. The van der Waals surface area contributed by atoms with E-state index in [9.17, 15) is 29.0 Å². The summed E-state index contributed by atoms with van der Waals surface area (Å²) in [5.41, 5.74) is -1.27. The SMILES string of the molecule is COc1cc(F)c(OC2CCC(CO)(C(=O)O)CC2)cc1C(=O)N[C@@H]1C[C@@H](OC)C[C@@H]1C(=O)NCC(C)(C)C. The van der Waals surface area contributed by atoms with E-state index in [4.69, 9.17) is 14.2 Å². The van der Waals surface area contributed by atoms with Crippen LogP contribution in [-0.2, 0) is 14.3 Å². The number of amides is 2.